The van der Waals surface area contributed by atoms with Gasteiger partial charge in [0.1, 0.15) is 0 Å². The molecule has 0 N–H and O–H groups in total. The van der Waals surface area contributed by atoms with Gasteiger partial charge in [-0.2, -0.15) is 0 Å². The van der Waals surface area contributed by atoms with Crippen LogP contribution >= 0.6 is 8.38 Å². The Hall–Kier alpha value is 0.350. The maximum absolute atomic E-state index is 5.82. The van der Waals surface area contributed by atoms with E-state index >= 15 is 0 Å². The van der Waals surface area contributed by atoms with Crippen LogP contribution in [0.4, 0.5) is 0 Å². The van der Waals surface area contributed by atoms with E-state index in [0.29, 0.717) is 5.66 Å². The zero-order valence-corrected chi connectivity index (χ0v) is 10.6. The fourth-order valence-corrected chi connectivity index (χ4v) is 2.44. The third-order valence-electron chi connectivity index (χ3n) is 2.27. The first-order valence-corrected chi connectivity index (χ1v) is 7.03. The Morgan fingerprint density at radius 1 is 1.29 bits per heavy atom. The molecular weight excluding hydrogens is 195 g/mol. The van der Waals surface area contributed by atoms with Gasteiger partial charge < -0.3 is 9.05 Å². The highest BCUT2D eigenvalue weighted by molar-refractivity contribution is 7.48. The van der Waals surface area contributed by atoms with Crippen LogP contribution in [-0.4, -0.2) is 18.9 Å². The SMILES string of the molecule is CCCCOP(OCC1CC1)C(C)C. The van der Waals surface area contributed by atoms with Crippen molar-refractivity contribution in [2.24, 2.45) is 5.92 Å². The molecule has 0 saturated heterocycles. The number of hydrogen-bond acceptors (Lipinski definition) is 2. The van der Waals surface area contributed by atoms with E-state index in [9.17, 15) is 0 Å². The molecule has 0 spiro atoms. The average molecular weight is 218 g/mol. The van der Waals surface area contributed by atoms with E-state index in [-0.39, 0.29) is 0 Å². The summed E-state index contributed by atoms with van der Waals surface area (Å²) < 4.78 is 11.6. The summed E-state index contributed by atoms with van der Waals surface area (Å²) in [5.74, 6) is 0.841. The van der Waals surface area contributed by atoms with Crippen molar-refractivity contribution in [3.05, 3.63) is 0 Å². The lowest BCUT2D eigenvalue weighted by molar-refractivity contribution is 0.234. The summed E-state index contributed by atoms with van der Waals surface area (Å²) in [6.45, 7) is 8.35. The van der Waals surface area contributed by atoms with Crippen LogP contribution in [0.3, 0.4) is 0 Å². The normalized spacial score (nSPS) is 18.9. The van der Waals surface area contributed by atoms with Gasteiger partial charge in [-0.05, 0) is 25.2 Å². The molecule has 0 aromatic rings. The van der Waals surface area contributed by atoms with Crippen LogP contribution in [0.5, 0.6) is 0 Å². The number of rotatable bonds is 8. The van der Waals surface area contributed by atoms with E-state index in [1.54, 1.807) is 0 Å². The lowest BCUT2D eigenvalue weighted by atomic mass is 10.4. The molecule has 84 valence electrons. The Balaban J connectivity index is 2.09. The molecule has 0 radical (unpaired) electrons. The van der Waals surface area contributed by atoms with Gasteiger partial charge in [0, 0.05) is 5.66 Å². The molecule has 1 aliphatic carbocycles. The van der Waals surface area contributed by atoms with Crippen LogP contribution in [0.25, 0.3) is 0 Å². The van der Waals surface area contributed by atoms with Crippen LogP contribution in [0.15, 0.2) is 0 Å². The van der Waals surface area contributed by atoms with E-state index in [0.717, 1.165) is 25.6 Å². The van der Waals surface area contributed by atoms with E-state index in [1.807, 2.05) is 0 Å². The van der Waals surface area contributed by atoms with Crippen LogP contribution in [0, 0.1) is 5.92 Å². The summed E-state index contributed by atoms with van der Waals surface area (Å²) in [5, 5.41) is 0. The van der Waals surface area contributed by atoms with Crippen molar-refractivity contribution < 1.29 is 9.05 Å². The van der Waals surface area contributed by atoms with Gasteiger partial charge in [-0.25, -0.2) is 0 Å². The van der Waals surface area contributed by atoms with Gasteiger partial charge in [0.25, 0.3) is 0 Å². The Morgan fingerprint density at radius 3 is 2.50 bits per heavy atom. The second-order valence-corrected chi connectivity index (χ2v) is 6.42. The molecule has 0 aliphatic heterocycles. The van der Waals surface area contributed by atoms with Crippen molar-refractivity contribution >= 4 is 8.38 Å². The van der Waals surface area contributed by atoms with E-state index in [4.69, 9.17) is 9.05 Å². The van der Waals surface area contributed by atoms with Gasteiger partial charge >= 0.3 is 0 Å². The van der Waals surface area contributed by atoms with Gasteiger partial charge in [0.2, 0.25) is 0 Å². The Kier molecular flexibility index (Phi) is 6.00. The first kappa shape index (κ1) is 12.4. The standard InChI is InChI=1S/C11H23O2P/c1-4-5-8-12-14(10(2)3)13-9-11-6-7-11/h10-11H,4-9H2,1-3H3. The summed E-state index contributed by atoms with van der Waals surface area (Å²) in [6, 6.07) is 0. The smallest absolute Gasteiger partial charge is 0.173 e. The molecule has 0 bridgehead atoms. The van der Waals surface area contributed by atoms with Gasteiger partial charge in [0.05, 0.1) is 13.2 Å². The fraction of sp³-hybridized carbons (Fsp3) is 1.00. The molecule has 3 heteroatoms. The predicted octanol–water partition coefficient (Wildman–Crippen LogP) is 3.95. The van der Waals surface area contributed by atoms with Gasteiger partial charge in [-0.15, -0.1) is 0 Å². The maximum atomic E-state index is 5.82. The van der Waals surface area contributed by atoms with Crippen molar-refractivity contribution in [2.75, 3.05) is 13.2 Å². The Bertz CT molecular complexity index is 146. The average Bonchev–Trinajstić information content (AvgIpc) is 2.94. The highest BCUT2D eigenvalue weighted by Gasteiger charge is 2.24. The predicted molar refractivity (Wildman–Crippen MR) is 61.6 cm³/mol. The van der Waals surface area contributed by atoms with Crippen molar-refractivity contribution in [1.82, 2.24) is 0 Å². The summed E-state index contributed by atoms with van der Waals surface area (Å²) in [5.41, 5.74) is 0.528. The monoisotopic (exact) mass is 218 g/mol. The fourth-order valence-electron chi connectivity index (χ4n) is 1.10. The summed E-state index contributed by atoms with van der Waals surface area (Å²) in [4.78, 5) is 0. The number of hydrogen-bond donors (Lipinski definition) is 0. The van der Waals surface area contributed by atoms with Crippen LogP contribution in [0.2, 0.25) is 0 Å². The molecule has 1 atom stereocenters. The van der Waals surface area contributed by atoms with Gasteiger partial charge in [0.15, 0.2) is 8.38 Å². The van der Waals surface area contributed by atoms with Gasteiger partial charge in [-0.3, -0.25) is 0 Å². The lowest BCUT2D eigenvalue weighted by Crippen LogP contribution is -2.04. The molecule has 0 aromatic carbocycles. The van der Waals surface area contributed by atoms with Gasteiger partial charge in [-0.1, -0.05) is 27.2 Å². The minimum Gasteiger partial charge on any atom is -0.334 e. The molecule has 1 aliphatic rings. The van der Waals surface area contributed by atoms with E-state index in [2.05, 4.69) is 20.8 Å². The minimum atomic E-state index is -0.624. The molecule has 2 nitrogen and oxygen atoms in total. The largest absolute Gasteiger partial charge is 0.334 e. The molecule has 1 unspecified atom stereocenters. The summed E-state index contributed by atoms with van der Waals surface area (Å²) >= 11 is 0. The summed E-state index contributed by atoms with van der Waals surface area (Å²) in [7, 11) is -0.624. The second-order valence-electron chi connectivity index (χ2n) is 4.31. The molecule has 1 rings (SSSR count). The van der Waals surface area contributed by atoms with Crippen LogP contribution in [0.1, 0.15) is 46.5 Å². The second kappa shape index (κ2) is 6.76. The lowest BCUT2D eigenvalue weighted by Gasteiger charge is -2.20. The molecule has 0 amide bonds. The topological polar surface area (TPSA) is 18.5 Å². The van der Waals surface area contributed by atoms with E-state index < -0.39 is 8.38 Å². The molecule has 0 heterocycles. The first-order chi connectivity index (χ1) is 6.74. The molecule has 1 saturated carbocycles. The molecule has 1 fully saturated rings. The molecule has 0 aromatic heterocycles. The molecular formula is C11H23O2P. The highest BCUT2D eigenvalue weighted by Crippen LogP contribution is 2.45. The first-order valence-electron chi connectivity index (χ1n) is 5.79. The quantitative estimate of drug-likeness (QED) is 0.453. The van der Waals surface area contributed by atoms with Crippen LogP contribution < -0.4 is 0 Å². The zero-order chi connectivity index (χ0) is 10.4. The Morgan fingerprint density at radius 2 is 2.00 bits per heavy atom. The maximum Gasteiger partial charge on any atom is 0.173 e. The Labute approximate surface area is 89.3 Å². The zero-order valence-electron chi connectivity index (χ0n) is 9.66. The van der Waals surface area contributed by atoms with Crippen molar-refractivity contribution in [3.63, 3.8) is 0 Å². The molecule has 14 heavy (non-hydrogen) atoms. The van der Waals surface area contributed by atoms with Crippen molar-refractivity contribution in [2.45, 2.75) is 52.1 Å². The highest BCUT2D eigenvalue weighted by atomic mass is 31.2. The van der Waals surface area contributed by atoms with Crippen molar-refractivity contribution in [3.8, 4) is 0 Å². The number of unbranched alkanes of at least 4 members (excludes halogenated alkanes) is 1. The van der Waals surface area contributed by atoms with Crippen molar-refractivity contribution in [1.29, 1.82) is 0 Å². The summed E-state index contributed by atoms with van der Waals surface area (Å²) in [6.07, 6.45) is 5.06. The minimum absolute atomic E-state index is 0.528. The van der Waals surface area contributed by atoms with E-state index in [1.165, 1.54) is 19.3 Å². The third kappa shape index (κ3) is 5.29. The third-order valence-corrected chi connectivity index (χ3v) is 3.96. The van der Waals surface area contributed by atoms with Crippen LogP contribution in [-0.2, 0) is 9.05 Å².